The summed E-state index contributed by atoms with van der Waals surface area (Å²) in [5.41, 5.74) is 1.42. The van der Waals surface area contributed by atoms with E-state index in [-0.39, 0.29) is 10.8 Å². The molecule has 0 atom stereocenters. The molecule has 0 bridgehead atoms. The van der Waals surface area contributed by atoms with Crippen LogP contribution in [0.1, 0.15) is 5.56 Å². The van der Waals surface area contributed by atoms with Gasteiger partial charge in [0, 0.05) is 6.21 Å². The first kappa shape index (κ1) is 13.3. The maximum atomic E-state index is 12.9. The van der Waals surface area contributed by atoms with Gasteiger partial charge in [0.1, 0.15) is 11.6 Å². The third kappa shape index (κ3) is 3.20. The van der Waals surface area contributed by atoms with Crippen molar-refractivity contribution in [2.45, 2.75) is 0 Å². The molecule has 0 heterocycles. The number of aliphatic imine (C=N–C) groups is 1. The van der Waals surface area contributed by atoms with Gasteiger partial charge in [-0.1, -0.05) is 11.6 Å². The Morgan fingerprint density at radius 1 is 1.22 bits per heavy atom. The fourth-order valence-electron chi connectivity index (χ4n) is 1.32. The van der Waals surface area contributed by atoms with Crippen LogP contribution in [-0.2, 0) is 0 Å². The Bertz CT molecular complexity index is 562. The van der Waals surface area contributed by atoms with E-state index in [1.165, 1.54) is 12.1 Å². The Morgan fingerprint density at radius 2 is 2.00 bits per heavy atom. The highest BCUT2D eigenvalue weighted by atomic mass is 127. The minimum Gasteiger partial charge on any atom is -0.507 e. The first-order valence-electron chi connectivity index (χ1n) is 5.04. The third-order valence-electron chi connectivity index (χ3n) is 2.24. The Kier molecular flexibility index (Phi) is 4.19. The van der Waals surface area contributed by atoms with Gasteiger partial charge in [-0.2, -0.15) is 0 Å². The zero-order chi connectivity index (χ0) is 13.1. The Labute approximate surface area is 122 Å². The summed E-state index contributed by atoms with van der Waals surface area (Å²) in [4.78, 5) is 4.19. The van der Waals surface area contributed by atoms with Gasteiger partial charge < -0.3 is 5.11 Å². The second-order valence-corrected chi connectivity index (χ2v) is 5.14. The SMILES string of the molecule is Oc1ccc(C=Nc2ccc(F)c(Cl)c2)cc1I. The maximum Gasteiger partial charge on any atom is 0.141 e. The summed E-state index contributed by atoms with van der Waals surface area (Å²) in [5.74, 6) is -0.229. The zero-order valence-electron chi connectivity index (χ0n) is 9.07. The lowest BCUT2D eigenvalue weighted by Gasteiger charge is -1.99. The molecule has 0 aromatic heterocycles. The number of aromatic hydroxyl groups is 1. The Hall–Kier alpha value is -1.14. The quantitative estimate of drug-likeness (QED) is 0.607. The average molecular weight is 376 g/mol. The molecule has 18 heavy (non-hydrogen) atoms. The zero-order valence-corrected chi connectivity index (χ0v) is 12.0. The van der Waals surface area contributed by atoms with Crippen LogP contribution >= 0.6 is 34.2 Å². The van der Waals surface area contributed by atoms with Crippen molar-refractivity contribution >= 4 is 46.1 Å². The van der Waals surface area contributed by atoms with E-state index in [4.69, 9.17) is 11.6 Å². The van der Waals surface area contributed by atoms with E-state index in [2.05, 4.69) is 4.99 Å². The molecule has 0 radical (unpaired) electrons. The van der Waals surface area contributed by atoms with Crippen molar-refractivity contribution in [1.82, 2.24) is 0 Å². The fourth-order valence-corrected chi connectivity index (χ4v) is 2.03. The molecule has 0 aliphatic heterocycles. The third-order valence-corrected chi connectivity index (χ3v) is 3.39. The number of nitrogens with zero attached hydrogens (tertiary/aromatic N) is 1. The molecule has 0 amide bonds. The van der Waals surface area contributed by atoms with E-state index in [0.717, 1.165) is 9.13 Å². The van der Waals surface area contributed by atoms with Gasteiger partial charge in [-0.05, 0) is 64.6 Å². The van der Waals surface area contributed by atoms with Crippen LogP contribution < -0.4 is 0 Å². The van der Waals surface area contributed by atoms with E-state index >= 15 is 0 Å². The summed E-state index contributed by atoms with van der Waals surface area (Å²) in [6.07, 6.45) is 1.63. The smallest absolute Gasteiger partial charge is 0.141 e. The van der Waals surface area contributed by atoms with Gasteiger partial charge in [0.25, 0.3) is 0 Å². The number of phenolic OH excluding ortho intramolecular Hbond substituents is 1. The lowest BCUT2D eigenvalue weighted by atomic mass is 10.2. The number of rotatable bonds is 2. The molecule has 2 rings (SSSR count). The van der Waals surface area contributed by atoms with Gasteiger partial charge in [0.05, 0.1) is 14.3 Å². The molecule has 1 N–H and O–H groups in total. The van der Waals surface area contributed by atoms with Crippen LogP contribution in [0.3, 0.4) is 0 Å². The lowest BCUT2D eigenvalue weighted by molar-refractivity contribution is 0.471. The largest absolute Gasteiger partial charge is 0.507 e. The van der Waals surface area contributed by atoms with E-state index < -0.39 is 5.82 Å². The first-order valence-corrected chi connectivity index (χ1v) is 6.49. The van der Waals surface area contributed by atoms with Crippen LogP contribution in [0.2, 0.25) is 5.02 Å². The highest BCUT2D eigenvalue weighted by Gasteiger charge is 2.00. The van der Waals surface area contributed by atoms with E-state index in [9.17, 15) is 9.50 Å². The number of hydrogen-bond acceptors (Lipinski definition) is 2. The molecule has 0 saturated carbocycles. The van der Waals surface area contributed by atoms with Crippen molar-refractivity contribution in [2.75, 3.05) is 0 Å². The molecule has 2 nitrogen and oxygen atoms in total. The summed E-state index contributed by atoms with van der Waals surface area (Å²) < 4.78 is 13.7. The summed E-state index contributed by atoms with van der Waals surface area (Å²) in [5, 5.41) is 9.43. The maximum absolute atomic E-state index is 12.9. The minimum absolute atomic E-state index is 0.0462. The van der Waals surface area contributed by atoms with E-state index in [1.54, 1.807) is 30.5 Å². The van der Waals surface area contributed by atoms with Crippen LogP contribution in [0.25, 0.3) is 0 Å². The monoisotopic (exact) mass is 375 g/mol. The summed E-state index contributed by atoms with van der Waals surface area (Å²) in [6.45, 7) is 0. The van der Waals surface area contributed by atoms with Crippen molar-refractivity contribution in [2.24, 2.45) is 4.99 Å². The average Bonchev–Trinajstić information content (AvgIpc) is 2.35. The number of hydrogen-bond donors (Lipinski definition) is 1. The Balaban J connectivity index is 2.24. The van der Waals surface area contributed by atoms with Gasteiger partial charge in [0.15, 0.2) is 0 Å². The number of benzene rings is 2. The van der Waals surface area contributed by atoms with Gasteiger partial charge in [-0.3, -0.25) is 4.99 Å². The lowest BCUT2D eigenvalue weighted by Crippen LogP contribution is -1.83. The van der Waals surface area contributed by atoms with Crippen LogP contribution in [0.5, 0.6) is 5.75 Å². The molecule has 5 heteroatoms. The summed E-state index contributed by atoms with van der Waals surface area (Å²) >= 11 is 7.69. The van der Waals surface area contributed by atoms with Crippen LogP contribution in [0, 0.1) is 9.39 Å². The summed E-state index contributed by atoms with van der Waals surface area (Å²) in [6, 6.07) is 9.41. The predicted molar refractivity (Wildman–Crippen MR) is 79.5 cm³/mol. The first-order chi connectivity index (χ1) is 8.56. The molecule has 0 fully saturated rings. The molecule has 2 aromatic rings. The van der Waals surface area contributed by atoms with Crippen molar-refractivity contribution in [3.8, 4) is 5.75 Å². The number of phenols is 1. The standard InChI is InChI=1S/C13H8ClFINO/c14-10-6-9(2-3-11(10)15)17-7-8-1-4-13(18)12(16)5-8/h1-7,18H. The molecule has 0 unspecified atom stereocenters. The predicted octanol–water partition coefficient (Wildman–Crippen LogP) is 4.54. The minimum atomic E-state index is -0.463. The number of halogens is 3. The molecular weight excluding hydrogens is 368 g/mol. The fraction of sp³-hybridized carbons (Fsp3) is 0. The van der Waals surface area contributed by atoms with Crippen LogP contribution in [0.15, 0.2) is 41.4 Å². The highest BCUT2D eigenvalue weighted by molar-refractivity contribution is 14.1. The van der Waals surface area contributed by atoms with Crippen molar-refractivity contribution in [3.63, 3.8) is 0 Å². The molecule has 2 aromatic carbocycles. The van der Waals surface area contributed by atoms with Crippen LogP contribution in [-0.4, -0.2) is 11.3 Å². The molecule has 92 valence electrons. The Morgan fingerprint density at radius 3 is 2.67 bits per heavy atom. The van der Waals surface area contributed by atoms with Gasteiger partial charge in [-0.15, -0.1) is 0 Å². The molecule has 0 saturated heterocycles. The van der Waals surface area contributed by atoms with Gasteiger partial charge in [0.2, 0.25) is 0 Å². The van der Waals surface area contributed by atoms with Crippen LogP contribution in [0.4, 0.5) is 10.1 Å². The van der Waals surface area contributed by atoms with Gasteiger partial charge >= 0.3 is 0 Å². The van der Waals surface area contributed by atoms with Crippen molar-refractivity contribution in [3.05, 3.63) is 56.4 Å². The molecule has 0 spiro atoms. The highest BCUT2D eigenvalue weighted by Crippen LogP contribution is 2.22. The second kappa shape index (κ2) is 5.67. The molecule has 0 aliphatic carbocycles. The van der Waals surface area contributed by atoms with Crippen molar-refractivity contribution < 1.29 is 9.50 Å². The van der Waals surface area contributed by atoms with E-state index in [1.807, 2.05) is 22.6 Å². The van der Waals surface area contributed by atoms with E-state index in [0.29, 0.717) is 5.69 Å². The van der Waals surface area contributed by atoms with Crippen molar-refractivity contribution in [1.29, 1.82) is 0 Å². The molecular formula is C13H8ClFINO. The van der Waals surface area contributed by atoms with Gasteiger partial charge in [-0.25, -0.2) is 4.39 Å². The topological polar surface area (TPSA) is 32.6 Å². The summed E-state index contributed by atoms with van der Waals surface area (Å²) in [7, 11) is 0. The second-order valence-electron chi connectivity index (χ2n) is 3.57. The molecule has 0 aliphatic rings. The normalized spacial score (nSPS) is 11.1.